The molecule has 0 rings (SSSR count). The smallest absolute Gasteiger partial charge is 0.850 e. The van der Waals surface area contributed by atoms with Gasteiger partial charge in [-0.1, -0.05) is 54.4 Å². The Labute approximate surface area is 123 Å². The zero-order chi connectivity index (χ0) is 10.4. The zero-order valence-electron chi connectivity index (χ0n) is 9.94. The predicted octanol–water partition coefficient (Wildman–Crippen LogP) is 0.690. The van der Waals surface area contributed by atoms with Crippen LogP contribution in [0.1, 0.15) is 54.4 Å². The van der Waals surface area contributed by atoms with Crippen molar-refractivity contribution in [2.75, 3.05) is 0 Å². The Morgan fingerprint density at radius 2 is 0.846 bits per heavy atom. The molecule has 2 nitrogen and oxygen atoms in total. The predicted molar refractivity (Wildman–Crippen MR) is 54.5 cm³/mol. The monoisotopic (exact) mass is 312 g/mol. The van der Waals surface area contributed by atoms with Crippen molar-refractivity contribution in [1.82, 2.24) is 0 Å². The van der Waals surface area contributed by atoms with E-state index in [1.165, 1.54) is 0 Å². The van der Waals surface area contributed by atoms with Gasteiger partial charge < -0.3 is 10.2 Å². The van der Waals surface area contributed by atoms with Gasteiger partial charge in [0, 0.05) is 0 Å². The van der Waals surface area contributed by atoms with E-state index in [0.29, 0.717) is 12.8 Å². The van der Waals surface area contributed by atoms with Gasteiger partial charge in [-0.25, -0.2) is 0 Å². The van der Waals surface area contributed by atoms with Gasteiger partial charge in [-0.05, 0) is 0 Å². The first kappa shape index (κ1) is 20.0. The van der Waals surface area contributed by atoms with Gasteiger partial charge in [-0.15, -0.1) is 11.2 Å². The van der Waals surface area contributed by atoms with Crippen LogP contribution in [0.2, 0.25) is 0 Å². The Balaban J connectivity index is -0.000000143. The zero-order valence-corrected chi connectivity index (χ0v) is 14.4. The number of hydrogen-bond donors (Lipinski definition) is 0. The molecule has 0 aromatic rings. The molecule has 0 aromatic carbocycles. The molecule has 0 radical (unpaired) electrons. The van der Waals surface area contributed by atoms with Gasteiger partial charge >= 0.3 is 48.9 Å². The van der Waals surface area contributed by atoms with Gasteiger partial charge in [0.15, 0.2) is 0 Å². The van der Waals surface area contributed by atoms with E-state index >= 15 is 0 Å². The van der Waals surface area contributed by atoms with Gasteiger partial charge in [0.1, 0.15) is 0 Å². The molecular weight excluding hydrogens is 289 g/mol. The minimum absolute atomic E-state index is 0. The second-order valence-corrected chi connectivity index (χ2v) is 4.23. The quantitative estimate of drug-likeness (QED) is 0.705. The molecule has 0 amide bonds. The fourth-order valence-corrected chi connectivity index (χ4v) is 0. The van der Waals surface area contributed by atoms with E-state index in [2.05, 4.69) is 0 Å². The molecule has 0 aliphatic rings. The molecule has 0 bridgehead atoms. The van der Waals surface area contributed by atoms with Crippen molar-refractivity contribution in [3.63, 3.8) is 0 Å². The van der Waals surface area contributed by atoms with Crippen LogP contribution in [0.3, 0.4) is 0 Å². The van der Waals surface area contributed by atoms with Crippen molar-refractivity contribution >= 4 is 48.9 Å². The fraction of sp³-hybridized carbons (Fsp3) is 1.00. The van der Waals surface area contributed by atoms with Crippen LogP contribution < -0.4 is 10.2 Å². The summed E-state index contributed by atoms with van der Waals surface area (Å²) >= 11 is 0. The molecule has 0 aromatic heterocycles. The first-order chi connectivity index (χ1) is 5.12. The van der Waals surface area contributed by atoms with E-state index < -0.39 is 11.2 Å². The van der Waals surface area contributed by atoms with Gasteiger partial charge in [0.25, 0.3) is 0 Å². The third-order valence-corrected chi connectivity index (χ3v) is 1.70. The van der Waals surface area contributed by atoms with E-state index in [-0.39, 0.29) is 48.9 Å². The topological polar surface area (TPSA) is 46.1 Å². The Kier molecular flexibility index (Phi) is 13.5. The van der Waals surface area contributed by atoms with E-state index in [1.54, 1.807) is 27.7 Å². The minimum atomic E-state index is -0.708. The van der Waals surface area contributed by atoms with Crippen molar-refractivity contribution in [2.24, 2.45) is 0 Å². The van der Waals surface area contributed by atoms with Gasteiger partial charge in [0.05, 0.1) is 0 Å². The molecule has 76 valence electrons. The van der Waals surface area contributed by atoms with Gasteiger partial charge in [-0.3, -0.25) is 0 Å². The summed E-state index contributed by atoms with van der Waals surface area (Å²) in [5, 5.41) is 20.9. The first-order valence-corrected chi connectivity index (χ1v) is 4.53. The van der Waals surface area contributed by atoms with Crippen LogP contribution in [0.5, 0.6) is 0 Å². The maximum Gasteiger partial charge on any atom is 2.00 e. The van der Waals surface area contributed by atoms with Gasteiger partial charge in [-0.2, -0.15) is 0 Å². The van der Waals surface area contributed by atoms with Crippen LogP contribution >= 0.6 is 0 Å². The summed E-state index contributed by atoms with van der Waals surface area (Å²) in [6.45, 7) is 10.5. The Morgan fingerprint density at radius 3 is 0.846 bits per heavy atom. The molecule has 13 heavy (non-hydrogen) atoms. The first-order valence-electron chi connectivity index (χ1n) is 4.53. The molecular formula is C10H22BaO2. The van der Waals surface area contributed by atoms with Crippen LogP contribution in [0.4, 0.5) is 0 Å². The third-order valence-electron chi connectivity index (χ3n) is 1.70. The van der Waals surface area contributed by atoms with E-state index in [9.17, 15) is 10.2 Å². The largest absolute Gasteiger partial charge is 2.00 e. The van der Waals surface area contributed by atoms with E-state index in [4.69, 9.17) is 0 Å². The number of hydrogen-bond acceptors (Lipinski definition) is 2. The summed E-state index contributed by atoms with van der Waals surface area (Å²) < 4.78 is 0. The molecule has 0 spiro atoms. The minimum Gasteiger partial charge on any atom is -0.850 e. The fourth-order valence-electron chi connectivity index (χ4n) is 0. The maximum absolute atomic E-state index is 10.5. The molecule has 0 saturated carbocycles. The second-order valence-electron chi connectivity index (χ2n) is 4.23. The summed E-state index contributed by atoms with van der Waals surface area (Å²) in [5.41, 5.74) is -1.42. The summed E-state index contributed by atoms with van der Waals surface area (Å²) in [6.07, 6.45) is 1.43. The average molecular weight is 312 g/mol. The summed E-state index contributed by atoms with van der Waals surface area (Å²) in [6, 6.07) is 0. The van der Waals surface area contributed by atoms with Crippen LogP contribution in [0, 0.1) is 0 Å². The van der Waals surface area contributed by atoms with Crippen molar-refractivity contribution in [3.8, 4) is 0 Å². The normalized spacial score (nSPS) is 11.1. The molecule has 0 saturated heterocycles. The van der Waals surface area contributed by atoms with Crippen LogP contribution in [-0.4, -0.2) is 60.1 Å². The second kappa shape index (κ2) is 8.77. The van der Waals surface area contributed by atoms with Crippen molar-refractivity contribution in [3.05, 3.63) is 0 Å². The van der Waals surface area contributed by atoms with Crippen LogP contribution in [0.15, 0.2) is 0 Å². The van der Waals surface area contributed by atoms with Crippen LogP contribution in [-0.2, 0) is 0 Å². The molecule has 0 N–H and O–H groups in total. The van der Waals surface area contributed by atoms with Crippen molar-refractivity contribution in [2.45, 2.75) is 65.6 Å². The maximum atomic E-state index is 10.5. The molecule has 0 heterocycles. The molecule has 0 fully saturated rings. The van der Waals surface area contributed by atoms with Crippen molar-refractivity contribution in [1.29, 1.82) is 0 Å². The van der Waals surface area contributed by atoms with E-state index in [1.807, 2.05) is 13.8 Å². The SMILES string of the molecule is CCC(C)(C)[O-].CCC(C)(C)[O-].[Ba+2]. The number of rotatable bonds is 2. The molecule has 0 aliphatic carbocycles. The molecule has 3 heteroatoms. The molecule has 0 atom stereocenters. The summed E-state index contributed by atoms with van der Waals surface area (Å²) in [4.78, 5) is 0. The van der Waals surface area contributed by atoms with Crippen LogP contribution in [0.25, 0.3) is 0 Å². The van der Waals surface area contributed by atoms with Gasteiger partial charge in [0.2, 0.25) is 0 Å². The Morgan fingerprint density at radius 1 is 0.769 bits per heavy atom. The molecule has 0 unspecified atom stereocenters. The summed E-state index contributed by atoms with van der Waals surface area (Å²) in [7, 11) is 0. The Bertz CT molecular complexity index is 86.5. The Hall–Kier alpha value is 1.49. The van der Waals surface area contributed by atoms with Crippen molar-refractivity contribution < 1.29 is 10.2 Å². The summed E-state index contributed by atoms with van der Waals surface area (Å²) in [5.74, 6) is 0. The standard InChI is InChI=1S/2C5H11O.Ba/c2*1-4-5(2,3)6;/h2*4H2,1-3H3;/q2*-1;+2. The van der Waals surface area contributed by atoms with E-state index in [0.717, 1.165) is 0 Å². The average Bonchev–Trinajstić information content (AvgIpc) is 1.86. The third kappa shape index (κ3) is 31.7. The molecule has 0 aliphatic heterocycles.